The van der Waals surface area contributed by atoms with Gasteiger partial charge in [-0.3, -0.25) is 24.5 Å². The SMILES string of the molecule is O=C(C[C@H](N[C@@H](CC(=O)Nc1ccccc1)C(=O)O)C(=O)O)Nc1ccccc1. The normalized spacial score (nSPS) is 12.4. The van der Waals surface area contributed by atoms with Crippen LogP contribution in [0.25, 0.3) is 0 Å². The summed E-state index contributed by atoms with van der Waals surface area (Å²) in [5.74, 6) is -4.01. The summed E-state index contributed by atoms with van der Waals surface area (Å²) in [4.78, 5) is 47.2. The van der Waals surface area contributed by atoms with Crippen LogP contribution in [-0.2, 0) is 19.2 Å². The minimum absolute atomic E-state index is 0.485. The summed E-state index contributed by atoms with van der Waals surface area (Å²) in [6.07, 6.45) is -1.01. The van der Waals surface area contributed by atoms with Gasteiger partial charge in [0.05, 0.1) is 12.8 Å². The van der Waals surface area contributed by atoms with E-state index in [9.17, 15) is 29.4 Å². The molecule has 2 atom stereocenters. The average molecular weight is 399 g/mol. The zero-order valence-corrected chi connectivity index (χ0v) is 15.4. The Labute approximate surface area is 166 Å². The molecule has 0 aromatic heterocycles. The maximum Gasteiger partial charge on any atom is 0.321 e. The maximum atomic E-state index is 12.1. The fourth-order valence-corrected chi connectivity index (χ4v) is 2.52. The summed E-state index contributed by atoms with van der Waals surface area (Å²) < 4.78 is 0. The zero-order valence-electron chi connectivity index (χ0n) is 15.4. The van der Waals surface area contributed by atoms with Gasteiger partial charge in [0, 0.05) is 11.4 Å². The molecular formula is C20H21N3O6. The lowest BCUT2D eigenvalue weighted by molar-refractivity contribution is -0.144. The molecule has 9 heteroatoms. The van der Waals surface area contributed by atoms with Crippen LogP contribution in [0.5, 0.6) is 0 Å². The van der Waals surface area contributed by atoms with Gasteiger partial charge in [-0.15, -0.1) is 0 Å². The first-order chi connectivity index (χ1) is 13.8. The Balaban J connectivity index is 1.97. The van der Waals surface area contributed by atoms with Crippen LogP contribution in [0.4, 0.5) is 11.4 Å². The van der Waals surface area contributed by atoms with Crippen molar-refractivity contribution in [2.75, 3.05) is 10.6 Å². The van der Waals surface area contributed by atoms with Crippen LogP contribution < -0.4 is 16.0 Å². The molecule has 2 rings (SSSR count). The molecule has 0 radical (unpaired) electrons. The van der Waals surface area contributed by atoms with Gasteiger partial charge in [-0.05, 0) is 24.3 Å². The lowest BCUT2D eigenvalue weighted by Gasteiger charge is -2.20. The number of amides is 2. The van der Waals surface area contributed by atoms with Crippen LogP contribution >= 0.6 is 0 Å². The van der Waals surface area contributed by atoms with Crippen LogP contribution in [-0.4, -0.2) is 46.0 Å². The number of aliphatic carboxylic acids is 2. The summed E-state index contributed by atoms with van der Waals surface area (Å²) in [6.45, 7) is 0. The fraction of sp³-hybridized carbons (Fsp3) is 0.200. The minimum atomic E-state index is -1.48. The van der Waals surface area contributed by atoms with E-state index in [1.807, 2.05) is 0 Å². The Morgan fingerprint density at radius 3 is 1.31 bits per heavy atom. The standard InChI is InChI=1S/C20H21N3O6/c24-17(21-13-7-3-1-4-8-13)11-15(19(26)27)23-16(20(28)29)12-18(25)22-14-9-5-2-6-10-14/h1-10,15-16,23H,11-12H2,(H,21,24)(H,22,25)(H,26,27)(H,28,29)/t15-,16-/m0/s1. The average Bonchev–Trinajstić information content (AvgIpc) is 2.68. The molecule has 0 aliphatic rings. The minimum Gasteiger partial charge on any atom is -0.480 e. The maximum absolute atomic E-state index is 12.1. The molecule has 0 spiro atoms. The summed E-state index contributed by atoms with van der Waals surface area (Å²) in [7, 11) is 0. The monoisotopic (exact) mass is 399 g/mol. The van der Waals surface area contributed by atoms with E-state index >= 15 is 0 Å². The molecule has 0 saturated carbocycles. The zero-order chi connectivity index (χ0) is 21.2. The van der Waals surface area contributed by atoms with Gasteiger partial charge in [-0.1, -0.05) is 36.4 Å². The number of carboxylic acids is 2. The first kappa shape index (κ1) is 21.6. The molecule has 152 valence electrons. The highest BCUT2D eigenvalue weighted by Crippen LogP contribution is 2.09. The molecule has 2 aromatic carbocycles. The number of para-hydroxylation sites is 2. The number of anilines is 2. The van der Waals surface area contributed by atoms with Gasteiger partial charge >= 0.3 is 11.9 Å². The molecule has 9 nitrogen and oxygen atoms in total. The number of rotatable bonds is 10. The van der Waals surface area contributed by atoms with Crippen molar-refractivity contribution in [1.29, 1.82) is 0 Å². The molecule has 29 heavy (non-hydrogen) atoms. The first-order valence-corrected chi connectivity index (χ1v) is 8.76. The van der Waals surface area contributed by atoms with E-state index in [0.29, 0.717) is 11.4 Å². The number of benzene rings is 2. The Kier molecular flexibility index (Phi) is 7.87. The third-order valence-electron chi connectivity index (χ3n) is 3.89. The van der Waals surface area contributed by atoms with E-state index in [2.05, 4.69) is 16.0 Å². The Hall–Kier alpha value is -3.72. The highest BCUT2D eigenvalue weighted by atomic mass is 16.4. The van der Waals surface area contributed by atoms with Gasteiger partial charge in [0.1, 0.15) is 12.1 Å². The van der Waals surface area contributed by atoms with Crippen molar-refractivity contribution in [3.8, 4) is 0 Å². The molecule has 0 aliphatic carbocycles. The van der Waals surface area contributed by atoms with Crippen LogP contribution in [0.2, 0.25) is 0 Å². The highest BCUT2D eigenvalue weighted by molar-refractivity contribution is 5.95. The summed E-state index contributed by atoms with van der Waals surface area (Å²) in [5, 5.41) is 26.1. The topological polar surface area (TPSA) is 145 Å². The molecule has 5 N–H and O–H groups in total. The van der Waals surface area contributed by atoms with Gasteiger partial charge in [0.25, 0.3) is 0 Å². The second kappa shape index (κ2) is 10.6. The van der Waals surface area contributed by atoms with Crippen molar-refractivity contribution in [2.24, 2.45) is 0 Å². The van der Waals surface area contributed by atoms with Gasteiger partial charge < -0.3 is 20.8 Å². The Morgan fingerprint density at radius 1 is 0.655 bits per heavy atom. The largest absolute Gasteiger partial charge is 0.480 e. The van der Waals surface area contributed by atoms with E-state index in [-0.39, 0.29) is 0 Å². The van der Waals surface area contributed by atoms with E-state index in [0.717, 1.165) is 0 Å². The van der Waals surface area contributed by atoms with Gasteiger partial charge in [0.2, 0.25) is 11.8 Å². The van der Waals surface area contributed by atoms with Crippen LogP contribution in [0.1, 0.15) is 12.8 Å². The fourth-order valence-electron chi connectivity index (χ4n) is 2.52. The molecule has 0 unspecified atom stereocenters. The summed E-state index contributed by atoms with van der Waals surface area (Å²) in [5.41, 5.74) is 0.970. The van der Waals surface area contributed by atoms with E-state index < -0.39 is 48.7 Å². The smallest absolute Gasteiger partial charge is 0.321 e. The van der Waals surface area contributed by atoms with Gasteiger partial charge in [-0.2, -0.15) is 0 Å². The summed E-state index contributed by atoms with van der Waals surface area (Å²) >= 11 is 0. The van der Waals surface area contributed by atoms with Crippen molar-refractivity contribution < 1.29 is 29.4 Å². The van der Waals surface area contributed by atoms with E-state index in [4.69, 9.17) is 0 Å². The molecule has 0 heterocycles. The third kappa shape index (κ3) is 7.43. The second-order valence-corrected chi connectivity index (χ2v) is 6.18. The predicted molar refractivity (Wildman–Crippen MR) is 105 cm³/mol. The van der Waals surface area contributed by atoms with E-state index in [1.54, 1.807) is 60.7 Å². The van der Waals surface area contributed by atoms with Gasteiger partial charge in [0.15, 0.2) is 0 Å². The molecular weight excluding hydrogens is 378 g/mol. The number of carbonyl (C=O) groups is 4. The van der Waals surface area contributed by atoms with Crippen molar-refractivity contribution in [3.63, 3.8) is 0 Å². The molecule has 0 aliphatic heterocycles. The molecule has 0 fully saturated rings. The first-order valence-electron chi connectivity index (χ1n) is 8.76. The van der Waals surface area contributed by atoms with Crippen molar-refractivity contribution in [2.45, 2.75) is 24.9 Å². The highest BCUT2D eigenvalue weighted by Gasteiger charge is 2.29. The number of carbonyl (C=O) groups excluding carboxylic acids is 2. The summed E-state index contributed by atoms with van der Waals surface area (Å²) in [6, 6.07) is 13.9. The van der Waals surface area contributed by atoms with Crippen LogP contribution in [0.15, 0.2) is 60.7 Å². The molecule has 0 bridgehead atoms. The van der Waals surface area contributed by atoms with Gasteiger partial charge in [-0.25, -0.2) is 0 Å². The van der Waals surface area contributed by atoms with Crippen LogP contribution in [0.3, 0.4) is 0 Å². The Bertz CT molecular complexity index is 786. The van der Waals surface area contributed by atoms with Crippen molar-refractivity contribution in [1.82, 2.24) is 5.32 Å². The number of hydrogen-bond acceptors (Lipinski definition) is 5. The lowest BCUT2D eigenvalue weighted by atomic mass is 10.1. The molecule has 2 amide bonds. The Morgan fingerprint density at radius 2 is 1.00 bits per heavy atom. The van der Waals surface area contributed by atoms with E-state index in [1.165, 1.54) is 0 Å². The van der Waals surface area contributed by atoms with Crippen molar-refractivity contribution in [3.05, 3.63) is 60.7 Å². The third-order valence-corrected chi connectivity index (χ3v) is 3.89. The number of hydrogen-bond donors (Lipinski definition) is 5. The predicted octanol–water partition coefficient (Wildman–Crippen LogP) is 1.54. The van der Waals surface area contributed by atoms with Crippen LogP contribution in [0, 0.1) is 0 Å². The number of carboxylic acid groups (broad SMARTS) is 2. The molecule has 2 aromatic rings. The quantitative estimate of drug-likeness (QED) is 0.407. The van der Waals surface area contributed by atoms with Crippen molar-refractivity contribution >= 4 is 35.1 Å². The number of nitrogens with one attached hydrogen (secondary N) is 3. The second-order valence-electron chi connectivity index (χ2n) is 6.18. The molecule has 0 saturated heterocycles. The lowest BCUT2D eigenvalue weighted by Crippen LogP contribution is -2.49.